The molecule has 31 heavy (non-hydrogen) atoms. The molecule has 4 rings (SSSR count). The van der Waals surface area contributed by atoms with Crippen LogP contribution in [0.25, 0.3) is 16.9 Å². The molecule has 9 heteroatoms. The Kier molecular flexibility index (Phi) is 5.84. The first-order valence-corrected chi connectivity index (χ1v) is 9.73. The number of hydrogen-bond donors (Lipinski definition) is 1. The van der Waals surface area contributed by atoms with Crippen LogP contribution in [-0.2, 0) is 17.9 Å². The van der Waals surface area contributed by atoms with Gasteiger partial charge in [0.2, 0.25) is 5.91 Å². The number of hydrogen-bond acceptors (Lipinski definition) is 5. The highest BCUT2D eigenvalue weighted by Gasteiger charge is 2.14. The lowest BCUT2D eigenvalue weighted by Crippen LogP contribution is -2.24. The van der Waals surface area contributed by atoms with E-state index in [1.54, 1.807) is 4.68 Å². The number of aryl methyl sites for hydroxylation is 1. The number of aromatic nitrogens is 4. The van der Waals surface area contributed by atoms with E-state index in [1.165, 1.54) is 17.1 Å². The lowest BCUT2D eigenvalue weighted by atomic mass is 10.1. The van der Waals surface area contributed by atoms with E-state index < -0.39 is 4.92 Å². The van der Waals surface area contributed by atoms with Crippen LogP contribution in [0.15, 0.2) is 79.3 Å². The molecule has 0 spiro atoms. The fourth-order valence-corrected chi connectivity index (χ4v) is 3.16. The summed E-state index contributed by atoms with van der Waals surface area (Å²) in [7, 11) is 0. The zero-order valence-electron chi connectivity index (χ0n) is 16.6. The van der Waals surface area contributed by atoms with Crippen LogP contribution < -0.4 is 5.32 Å². The van der Waals surface area contributed by atoms with Crippen LogP contribution in [0.2, 0.25) is 0 Å². The number of nitro groups is 1. The Morgan fingerprint density at radius 2 is 1.74 bits per heavy atom. The average molecular weight is 416 g/mol. The van der Waals surface area contributed by atoms with Crippen LogP contribution >= 0.6 is 0 Å². The van der Waals surface area contributed by atoms with Gasteiger partial charge in [-0.3, -0.25) is 19.6 Å². The SMILES string of the molecule is O=C(CCn1cc([N+](=O)[O-])cn1)NCc1cn(-c2ccccc2)nc1-c1ccccc1. The van der Waals surface area contributed by atoms with Crippen LogP contribution in [0, 0.1) is 10.1 Å². The number of nitrogens with one attached hydrogen (secondary N) is 1. The Balaban J connectivity index is 1.46. The van der Waals surface area contributed by atoms with Crippen molar-refractivity contribution in [2.24, 2.45) is 0 Å². The van der Waals surface area contributed by atoms with E-state index in [2.05, 4.69) is 10.4 Å². The Hall–Kier alpha value is -4.27. The molecule has 0 saturated carbocycles. The van der Waals surface area contributed by atoms with Gasteiger partial charge in [-0.15, -0.1) is 0 Å². The number of carbonyl (C=O) groups is 1. The first-order chi connectivity index (χ1) is 15.1. The molecule has 4 aromatic rings. The van der Waals surface area contributed by atoms with E-state index in [9.17, 15) is 14.9 Å². The minimum atomic E-state index is -0.515. The van der Waals surface area contributed by atoms with Gasteiger partial charge in [-0.25, -0.2) is 4.68 Å². The van der Waals surface area contributed by atoms with Crippen molar-refractivity contribution >= 4 is 11.6 Å². The standard InChI is InChI=1S/C22H20N6O3/c29-21(11-12-26-16-20(14-24-26)28(30)31)23-13-18-15-27(19-9-5-2-6-10-19)25-22(18)17-7-3-1-4-8-17/h1-10,14-16H,11-13H2,(H,23,29). The van der Waals surface area contributed by atoms with E-state index in [1.807, 2.05) is 66.9 Å². The number of carbonyl (C=O) groups excluding carboxylic acids is 1. The predicted octanol–water partition coefficient (Wildman–Crippen LogP) is 3.35. The largest absolute Gasteiger partial charge is 0.352 e. The first kappa shape index (κ1) is 20.0. The van der Waals surface area contributed by atoms with E-state index >= 15 is 0 Å². The molecule has 1 amide bonds. The van der Waals surface area contributed by atoms with Crippen molar-refractivity contribution in [2.75, 3.05) is 0 Å². The third kappa shape index (κ3) is 4.84. The van der Waals surface area contributed by atoms with Gasteiger partial charge in [0, 0.05) is 36.8 Å². The molecular formula is C22H20N6O3. The van der Waals surface area contributed by atoms with Crippen molar-refractivity contribution in [1.82, 2.24) is 24.9 Å². The minimum Gasteiger partial charge on any atom is -0.352 e. The Morgan fingerprint density at radius 3 is 2.42 bits per heavy atom. The summed E-state index contributed by atoms with van der Waals surface area (Å²) >= 11 is 0. The molecular weight excluding hydrogens is 396 g/mol. The van der Waals surface area contributed by atoms with Gasteiger partial charge in [-0.1, -0.05) is 48.5 Å². The summed E-state index contributed by atoms with van der Waals surface area (Å²) in [6.07, 6.45) is 4.55. The minimum absolute atomic E-state index is 0.0961. The van der Waals surface area contributed by atoms with Crippen LogP contribution in [0.3, 0.4) is 0 Å². The van der Waals surface area contributed by atoms with Crippen molar-refractivity contribution < 1.29 is 9.72 Å². The zero-order chi connectivity index (χ0) is 21.6. The number of nitrogens with zero attached hydrogens (tertiary/aromatic N) is 5. The van der Waals surface area contributed by atoms with E-state index in [4.69, 9.17) is 5.10 Å². The monoisotopic (exact) mass is 416 g/mol. The van der Waals surface area contributed by atoms with Crippen molar-refractivity contribution in [3.05, 3.63) is 94.9 Å². The van der Waals surface area contributed by atoms with Gasteiger partial charge in [0.05, 0.1) is 16.3 Å². The summed E-state index contributed by atoms with van der Waals surface area (Å²) in [6, 6.07) is 19.6. The third-order valence-electron chi connectivity index (χ3n) is 4.73. The molecule has 0 unspecified atom stereocenters. The maximum Gasteiger partial charge on any atom is 0.306 e. The van der Waals surface area contributed by atoms with Gasteiger partial charge in [0.25, 0.3) is 0 Å². The highest BCUT2D eigenvalue weighted by Crippen LogP contribution is 2.23. The zero-order valence-corrected chi connectivity index (χ0v) is 16.6. The number of benzene rings is 2. The first-order valence-electron chi connectivity index (χ1n) is 9.73. The van der Waals surface area contributed by atoms with Gasteiger partial charge in [-0.2, -0.15) is 10.2 Å². The Morgan fingerprint density at radius 1 is 1.03 bits per heavy atom. The fourth-order valence-electron chi connectivity index (χ4n) is 3.16. The second kappa shape index (κ2) is 9.04. The Bertz CT molecular complexity index is 1180. The number of para-hydroxylation sites is 1. The summed E-state index contributed by atoms with van der Waals surface area (Å²) in [4.78, 5) is 22.6. The lowest BCUT2D eigenvalue weighted by Gasteiger charge is -2.06. The fraction of sp³-hybridized carbons (Fsp3) is 0.136. The molecule has 9 nitrogen and oxygen atoms in total. The summed E-state index contributed by atoms with van der Waals surface area (Å²) in [5, 5.41) is 22.3. The highest BCUT2D eigenvalue weighted by atomic mass is 16.6. The van der Waals surface area contributed by atoms with Gasteiger partial charge in [0.1, 0.15) is 12.4 Å². The van der Waals surface area contributed by atoms with Crippen LogP contribution in [-0.4, -0.2) is 30.4 Å². The molecule has 0 bridgehead atoms. The van der Waals surface area contributed by atoms with E-state index in [-0.39, 0.29) is 24.6 Å². The van der Waals surface area contributed by atoms with Crippen molar-refractivity contribution in [1.29, 1.82) is 0 Å². The molecule has 0 aliphatic carbocycles. The number of rotatable bonds is 8. The predicted molar refractivity (Wildman–Crippen MR) is 114 cm³/mol. The van der Waals surface area contributed by atoms with Crippen LogP contribution in [0.1, 0.15) is 12.0 Å². The quantitative estimate of drug-likeness (QED) is 0.350. The van der Waals surface area contributed by atoms with Gasteiger partial charge in [-0.05, 0) is 12.1 Å². The average Bonchev–Trinajstić information content (AvgIpc) is 3.45. The molecule has 2 aromatic heterocycles. The van der Waals surface area contributed by atoms with Crippen molar-refractivity contribution in [3.63, 3.8) is 0 Å². The summed E-state index contributed by atoms with van der Waals surface area (Å²) < 4.78 is 3.19. The molecule has 1 N–H and O–H groups in total. The highest BCUT2D eigenvalue weighted by molar-refractivity contribution is 5.76. The maximum atomic E-state index is 12.3. The summed E-state index contributed by atoms with van der Waals surface area (Å²) in [5.41, 5.74) is 3.48. The molecule has 2 heterocycles. The van der Waals surface area contributed by atoms with Gasteiger partial charge in [0.15, 0.2) is 0 Å². The normalized spacial score (nSPS) is 10.7. The van der Waals surface area contributed by atoms with Crippen LogP contribution in [0.4, 0.5) is 5.69 Å². The molecule has 0 aliphatic rings. The second-order valence-corrected chi connectivity index (χ2v) is 6.89. The van der Waals surface area contributed by atoms with Crippen molar-refractivity contribution in [2.45, 2.75) is 19.5 Å². The molecule has 2 aromatic carbocycles. The number of amides is 1. The second-order valence-electron chi connectivity index (χ2n) is 6.89. The third-order valence-corrected chi connectivity index (χ3v) is 4.73. The smallest absolute Gasteiger partial charge is 0.306 e. The molecule has 0 fully saturated rings. The van der Waals surface area contributed by atoms with Gasteiger partial charge >= 0.3 is 5.69 Å². The molecule has 0 aliphatic heterocycles. The molecule has 156 valence electrons. The molecule has 0 saturated heterocycles. The topological polar surface area (TPSA) is 108 Å². The molecule has 0 radical (unpaired) electrons. The summed E-state index contributed by atoms with van der Waals surface area (Å²) in [6.45, 7) is 0.573. The maximum absolute atomic E-state index is 12.3. The summed E-state index contributed by atoms with van der Waals surface area (Å²) in [5.74, 6) is -0.176. The Labute approximate surface area is 178 Å². The lowest BCUT2D eigenvalue weighted by molar-refractivity contribution is -0.385. The van der Waals surface area contributed by atoms with E-state index in [0.717, 1.165) is 22.5 Å². The van der Waals surface area contributed by atoms with Crippen molar-refractivity contribution in [3.8, 4) is 16.9 Å². The van der Waals surface area contributed by atoms with E-state index in [0.29, 0.717) is 6.54 Å². The van der Waals surface area contributed by atoms with Crippen LogP contribution in [0.5, 0.6) is 0 Å². The molecule has 0 atom stereocenters. The van der Waals surface area contributed by atoms with Gasteiger partial charge < -0.3 is 5.32 Å².